The maximum atomic E-state index is 11.5. The summed E-state index contributed by atoms with van der Waals surface area (Å²) >= 11 is 0. The fraction of sp³-hybridized carbons (Fsp3) is 0.667. The van der Waals surface area contributed by atoms with Crippen molar-refractivity contribution in [3.05, 3.63) is 24.0 Å². The zero-order chi connectivity index (χ0) is 14.3. The van der Waals surface area contributed by atoms with Crippen LogP contribution in [-0.4, -0.2) is 23.1 Å². The molecule has 2 N–H and O–H groups in total. The molecule has 108 valence electrons. The van der Waals surface area contributed by atoms with Gasteiger partial charge in [-0.25, -0.2) is 0 Å². The van der Waals surface area contributed by atoms with Crippen molar-refractivity contribution in [1.82, 2.24) is 15.2 Å². The molecule has 1 aromatic rings. The first-order valence-corrected chi connectivity index (χ1v) is 7.12. The molecule has 0 saturated carbocycles. The van der Waals surface area contributed by atoms with Crippen LogP contribution in [0.3, 0.4) is 0 Å². The molecule has 1 amide bonds. The topological polar surface area (TPSA) is 46.1 Å². The predicted octanol–water partition coefficient (Wildman–Crippen LogP) is 2.15. The van der Waals surface area contributed by atoms with E-state index in [-0.39, 0.29) is 11.9 Å². The van der Waals surface area contributed by atoms with Gasteiger partial charge in [-0.2, -0.15) is 0 Å². The summed E-state index contributed by atoms with van der Waals surface area (Å²) in [5.41, 5.74) is 1.27. The van der Waals surface area contributed by atoms with Gasteiger partial charge in [-0.05, 0) is 37.9 Å². The molecule has 4 heteroatoms. The molecule has 19 heavy (non-hydrogen) atoms. The highest BCUT2D eigenvalue weighted by Gasteiger charge is 2.04. The molecule has 0 bridgehead atoms. The first kappa shape index (κ1) is 15.8. The molecular weight excluding hydrogens is 238 g/mol. The number of carbonyl (C=O) groups is 1. The monoisotopic (exact) mass is 265 g/mol. The van der Waals surface area contributed by atoms with Crippen LogP contribution in [0, 0.1) is 5.92 Å². The smallest absolute Gasteiger partial charge is 0.221 e. The van der Waals surface area contributed by atoms with Crippen LogP contribution in [0.1, 0.15) is 39.7 Å². The van der Waals surface area contributed by atoms with E-state index in [2.05, 4.69) is 41.3 Å². The van der Waals surface area contributed by atoms with Gasteiger partial charge in [-0.3, -0.25) is 4.79 Å². The Hall–Kier alpha value is -1.29. The third-order valence-electron chi connectivity index (χ3n) is 2.74. The fourth-order valence-electron chi connectivity index (χ4n) is 1.86. The molecule has 1 aromatic heterocycles. The van der Waals surface area contributed by atoms with Gasteiger partial charge in [0.25, 0.3) is 0 Å². The molecule has 0 atom stereocenters. The Kier molecular flexibility index (Phi) is 6.64. The lowest BCUT2D eigenvalue weighted by molar-refractivity contribution is -0.121. The molecule has 0 spiro atoms. The number of carbonyl (C=O) groups excluding carboxylic acids is 1. The third kappa shape index (κ3) is 7.01. The van der Waals surface area contributed by atoms with Gasteiger partial charge in [-0.1, -0.05) is 13.8 Å². The summed E-state index contributed by atoms with van der Waals surface area (Å²) < 4.78 is 2.08. The molecule has 1 heterocycles. The highest BCUT2D eigenvalue weighted by Crippen LogP contribution is 2.03. The summed E-state index contributed by atoms with van der Waals surface area (Å²) in [5, 5.41) is 6.31. The van der Waals surface area contributed by atoms with Crippen LogP contribution >= 0.6 is 0 Å². The summed E-state index contributed by atoms with van der Waals surface area (Å²) in [5.74, 6) is 0.782. The third-order valence-corrected chi connectivity index (χ3v) is 2.74. The number of rotatable bonds is 8. The largest absolute Gasteiger partial charge is 0.354 e. The van der Waals surface area contributed by atoms with Crippen LogP contribution in [0.5, 0.6) is 0 Å². The first-order chi connectivity index (χ1) is 8.97. The minimum Gasteiger partial charge on any atom is -0.354 e. The van der Waals surface area contributed by atoms with E-state index < -0.39 is 0 Å². The molecule has 0 unspecified atom stereocenters. The SMILES string of the molecule is CC(C)CNCc1ccn(CCC(=O)NC(C)C)c1. The van der Waals surface area contributed by atoms with Crippen molar-refractivity contribution < 1.29 is 4.79 Å². The van der Waals surface area contributed by atoms with Gasteiger partial charge in [0, 0.05) is 37.9 Å². The molecule has 0 aliphatic heterocycles. The number of hydrogen-bond acceptors (Lipinski definition) is 2. The van der Waals surface area contributed by atoms with E-state index in [0.29, 0.717) is 12.3 Å². The van der Waals surface area contributed by atoms with Crippen molar-refractivity contribution in [1.29, 1.82) is 0 Å². The van der Waals surface area contributed by atoms with E-state index >= 15 is 0 Å². The Morgan fingerprint density at radius 1 is 1.32 bits per heavy atom. The summed E-state index contributed by atoms with van der Waals surface area (Å²) in [7, 11) is 0. The Labute approximate surface area is 116 Å². The van der Waals surface area contributed by atoms with E-state index in [1.807, 2.05) is 20.0 Å². The molecule has 0 aromatic carbocycles. The summed E-state index contributed by atoms with van der Waals surface area (Å²) in [6.07, 6.45) is 4.68. The molecule has 0 saturated heterocycles. The molecule has 1 rings (SSSR count). The lowest BCUT2D eigenvalue weighted by Gasteiger charge is -2.08. The Bertz CT molecular complexity index is 382. The zero-order valence-corrected chi connectivity index (χ0v) is 12.6. The average Bonchev–Trinajstić information content (AvgIpc) is 2.73. The Morgan fingerprint density at radius 3 is 2.68 bits per heavy atom. The van der Waals surface area contributed by atoms with Gasteiger partial charge in [0.15, 0.2) is 0 Å². The quantitative estimate of drug-likeness (QED) is 0.756. The first-order valence-electron chi connectivity index (χ1n) is 7.12. The fourth-order valence-corrected chi connectivity index (χ4v) is 1.86. The highest BCUT2D eigenvalue weighted by atomic mass is 16.1. The van der Waals surface area contributed by atoms with Gasteiger partial charge < -0.3 is 15.2 Å². The lowest BCUT2D eigenvalue weighted by atomic mass is 10.2. The average molecular weight is 265 g/mol. The molecule has 0 aliphatic carbocycles. The Balaban J connectivity index is 2.28. The van der Waals surface area contributed by atoms with Crippen molar-refractivity contribution in [3.8, 4) is 0 Å². The molecular formula is C15H27N3O. The second-order valence-electron chi connectivity index (χ2n) is 5.75. The Morgan fingerprint density at radius 2 is 2.05 bits per heavy atom. The number of nitrogens with zero attached hydrogens (tertiary/aromatic N) is 1. The van der Waals surface area contributed by atoms with Crippen LogP contribution in [0.25, 0.3) is 0 Å². The number of aryl methyl sites for hydroxylation is 1. The van der Waals surface area contributed by atoms with E-state index in [1.165, 1.54) is 5.56 Å². The lowest BCUT2D eigenvalue weighted by Crippen LogP contribution is -2.30. The van der Waals surface area contributed by atoms with Crippen LogP contribution in [-0.2, 0) is 17.9 Å². The second kappa shape index (κ2) is 8.00. The standard InChI is InChI=1S/C15H27N3O/c1-12(2)9-16-10-14-5-7-18(11-14)8-6-15(19)17-13(3)4/h5,7,11-13,16H,6,8-10H2,1-4H3,(H,17,19). The number of hydrogen-bond donors (Lipinski definition) is 2. The summed E-state index contributed by atoms with van der Waals surface area (Å²) in [4.78, 5) is 11.5. The maximum absolute atomic E-state index is 11.5. The summed E-state index contributed by atoms with van der Waals surface area (Å²) in [6, 6.07) is 2.32. The molecule has 0 aliphatic rings. The number of nitrogens with one attached hydrogen (secondary N) is 2. The van der Waals surface area contributed by atoms with Crippen molar-refractivity contribution in [2.45, 2.75) is 53.2 Å². The van der Waals surface area contributed by atoms with E-state index in [1.54, 1.807) is 0 Å². The molecule has 4 nitrogen and oxygen atoms in total. The van der Waals surface area contributed by atoms with Gasteiger partial charge in [0.05, 0.1) is 0 Å². The maximum Gasteiger partial charge on any atom is 0.221 e. The van der Waals surface area contributed by atoms with E-state index in [4.69, 9.17) is 0 Å². The minimum atomic E-state index is 0.114. The van der Waals surface area contributed by atoms with E-state index in [9.17, 15) is 4.79 Å². The molecule has 0 radical (unpaired) electrons. The van der Waals surface area contributed by atoms with Crippen molar-refractivity contribution in [2.24, 2.45) is 5.92 Å². The van der Waals surface area contributed by atoms with Gasteiger partial charge in [-0.15, -0.1) is 0 Å². The van der Waals surface area contributed by atoms with Gasteiger partial charge in [0.1, 0.15) is 0 Å². The van der Waals surface area contributed by atoms with E-state index in [0.717, 1.165) is 19.6 Å². The van der Waals surface area contributed by atoms with Crippen LogP contribution in [0.4, 0.5) is 0 Å². The zero-order valence-electron chi connectivity index (χ0n) is 12.6. The van der Waals surface area contributed by atoms with Gasteiger partial charge >= 0.3 is 0 Å². The van der Waals surface area contributed by atoms with Gasteiger partial charge in [0.2, 0.25) is 5.91 Å². The summed E-state index contributed by atoms with van der Waals surface area (Å²) in [6.45, 7) is 11.0. The van der Waals surface area contributed by atoms with Crippen molar-refractivity contribution >= 4 is 5.91 Å². The number of amides is 1. The van der Waals surface area contributed by atoms with Crippen LogP contribution in [0.15, 0.2) is 18.5 Å². The minimum absolute atomic E-state index is 0.114. The number of aromatic nitrogens is 1. The van der Waals surface area contributed by atoms with Crippen molar-refractivity contribution in [3.63, 3.8) is 0 Å². The molecule has 0 fully saturated rings. The highest BCUT2D eigenvalue weighted by molar-refractivity contribution is 5.76. The van der Waals surface area contributed by atoms with Crippen LogP contribution < -0.4 is 10.6 Å². The second-order valence-corrected chi connectivity index (χ2v) is 5.75. The van der Waals surface area contributed by atoms with Crippen LogP contribution in [0.2, 0.25) is 0 Å². The van der Waals surface area contributed by atoms with Crippen molar-refractivity contribution in [2.75, 3.05) is 6.54 Å². The normalized spacial score (nSPS) is 11.3. The predicted molar refractivity (Wildman–Crippen MR) is 78.9 cm³/mol.